The molecule has 1 rings (SSSR count). The van der Waals surface area contributed by atoms with E-state index in [1.165, 1.54) is 19.1 Å². The van der Waals surface area contributed by atoms with Gasteiger partial charge in [-0.05, 0) is 37.5 Å². The van der Waals surface area contributed by atoms with Crippen LogP contribution in [0.1, 0.15) is 37.8 Å². The predicted octanol–water partition coefficient (Wildman–Crippen LogP) is 3.72. The molecule has 1 amide bonds. The van der Waals surface area contributed by atoms with Gasteiger partial charge >= 0.3 is 6.18 Å². The lowest BCUT2D eigenvalue weighted by atomic mass is 9.81. The van der Waals surface area contributed by atoms with Crippen LogP contribution in [-0.2, 0) is 11.0 Å². The summed E-state index contributed by atoms with van der Waals surface area (Å²) in [7, 11) is 0. The molecule has 0 unspecified atom stereocenters. The van der Waals surface area contributed by atoms with Crippen molar-refractivity contribution in [1.82, 2.24) is 0 Å². The Kier molecular flexibility index (Phi) is 5.39. The summed E-state index contributed by atoms with van der Waals surface area (Å²) in [6, 6.07) is 3.77. The van der Waals surface area contributed by atoms with Crippen molar-refractivity contribution in [2.45, 2.75) is 39.8 Å². The van der Waals surface area contributed by atoms with Crippen molar-refractivity contribution in [2.75, 3.05) is 11.9 Å². The van der Waals surface area contributed by atoms with Crippen LogP contribution in [0.25, 0.3) is 0 Å². The third-order valence-corrected chi connectivity index (χ3v) is 4.03. The number of benzene rings is 1. The first kappa shape index (κ1) is 17.5. The summed E-state index contributed by atoms with van der Waals surface area (Å²) < 4.78 is 38.6. The van der Waals surface area contributed by atoms with Crippen LogP contribution in [0, 0.1) is 12.3 Å². The highest BCUT2D eigenvalue weighted by Gasteiger charge is 2.35. The number of alkyl halides is 3. The van der Waals surface area contributed by atoms with E-state index in [0.29, 0.717) is 12.8 Å². The SMILES string of the molecule is CCC(CC)(CN)C(=O)Nc1ccc(C)c(C(F)(F)F)c1. The van der Waals surface area contributed by atoms with Crippen molar-refractivity contribution in [3.8, 4) is 0 Å². The van der Waals surface area contributed by atoms with Gasteiger partial charge in [0.25, 0.3) is 0 Å². The molecular weight excluding hydrogens is 281 g/mol. The molecule has 0 bridgehead atoms. The average Bonchev–Trinajstić information content (AvgIpc) is 2.42. The van der Waals surface area contributed by atoms with Gasteiger partial charge in [-0.25, -0.2) is 0 Å². The minimum Gasteiger partial charge on any atom is -0.329 e. The van der Waals surface area contributed by atoms with Gasteiger partial charge in [-0.3, -0.25) is 4.79 Å². The number of anilines is 1. The first-order valence-corrected chi connectivity index (χ1v) is 6.89. The van der Waals surface area contributed by atoms with Crippen LogP contribution in [-0.4, -0.2) is 12.5 Å². The summed E-state index contributed by atoms with van der Waals surface area (Å²) >= 11 is 0. The zero-order chi connectivity index (χ0) is 16.3. The molecule has 0 atom stereocenters. The largest absolute Gasteiger partial charge is 0.416 e. The van der Waals surface area contributed by atoms with E-state index in [4.69, 9.17) is 5.73 Å². The molecule has 0 aliphatic carbocycles. The molecule has 0 saturated carbocycles. The van der Waals surface area contributed by atoms with E-state index in [2.05, 4.69) is 5.32 Å². The molecule has 0 heterocycles. The normalized spacial score (nSPS) is 12.3. The Bertz CT molecular complexity index is 500. The zero-order valence-corrected chi connectivity index (χ0v) is 12.5. The lowest BCUT2D eigenvalue weighted by Crippen LogP contribution is -2.41. The maximum absolute atomic E-state index is 12.9. The molecule has 0 fully saturated rings. The Hall–Kier alpha value is -1.56. The van der Waals surface area contributed by atoms with Gasteiger partial charge < -0.3 is 11.1 Å². The molecule has 0 aliphatic heterocycles. The highest BCUT2D eigenvalue weighted by molar-refractivity contribution is 5.95. The number of amides is 1. The minimum atomic E-state index is -4.44. The molecule has 21 heavy (non-hydrogen) atoms. The van der Waals surface area contributed by atoms with Gasteiger partial charge in [-0.15, -0.1) is 0 Å². The second-order valence-corrected chi connectivity index (χ2v) is 5.17. The van der Waals surface area contributed by atoms with Crippen LogP contribution in [0.2, 0.25) is 0 Å². The van der Waals surface area contributed by atoms with Gasteiger partial charge in [0.2, 0.25) is 5.91 Å². The number of hydrogen-bond donors (Lipinski definition) is 2. The summed E-state index contributed by atoms with van der Waals surface area (Å²) in [4.78, 5) is 12.3. The molecule has 0 aromatic heterocycles. The molecule has 1 aromatic rings. The third-order valence-electron chi connectivity index (χ3n) is 4.03. The molecule has 0 saturated heterocycles. The van der Waals surface area contributed by atoms with E-state index < -0.39 is 17.2 Å². The van der Waals surface area contributed by atoms with Crippen molar-refractivity contribution < 1.29 is 18.0 Å². The molecule has 1 aromatic carbocycles. The van der Waals surface area contributed by atoms with Gasteiger partial charge in [0, 0.05) is 12.2 Å². The third kappa shape index (κ3) is 3.75. The second kappa shape index (κ2) is 6.47. The van der Waals surface area contributed by atoms with Crippen LogP contribution in [0.4, 0.5) is 18.9 Å². The maximum Gasteiger partial charge on any atom is 0.416 e. The number of nitrogens with two attached hydrogens (primary N) is 1. The van der Waals surface area contributed by atoms with Gasteiger partial charge in [0.15, 0.2) is 0 Å². The number of halogens is 3. The van der Waals surface area contributed by atoms with Gasteiger partial charge in [-0.2, -0.15) is 13.2 Å². The Labute approximate surface area is 122 Å². The Morgan fingerprint density at radius 1 is 1.24 bits per heavy atom. The highest BCUT2D eigenvalue weighted by Crippen LogP contribution is 2.34. The van der Waals surface area contributed by atoms with Crippen LogP contribution in [0.3, 0.4) is 0 Å². The van der Waals surface area contributed by atoms with Crippen molar-refractivity contribution in [1.29, 1.82) is 0 Å². The molecule has 3 N–H and O–H groups in total. The number of aryl methyl sites for hydroxylation is 1. The predicted molar refractivity (Wildman–Crippen MR) is 76.9 cm³/mol. The number of nitrogens with one attached hydrogen (secondary N) is 1. The summed E-state index contributed by atoms with van der Waals surface area (Å²) in [5.41, 5.74) is 4.43. The first-order chi connectivity index (χ1) is 9.70. The van der Waals surface area contributed by atoms with Crippen LogP contribution < -0.4 is 11.1 Å². The summed E-state index contributed by atoms with van der Waals surface area (Å²) in [6.07, 6.45) is -3.38. The smallest absolute Gasteiger partial charge is 0.329 e. The fourth-order valence-corrected chi connectivity index (χ4v) is 2.22. The van der Waals surface area contributed by atoms with Crippen molar-refractivity contribution in [3.63, 3.8) is 0 Å². The van der Waals surface area contributed by atoms with Gasteiger partial charge in [0.1, 0.15) is 0 Å². The number of carbonyl (C=O) groups excluding carboxylic acids is 1. The summed E-state index contributed by atoms with van der Waals surface area (Å²) in [5.74, 6) is -0.341. The van der Waals surface area contributed by atoms with Crippen LogP contribution in [0.5, 0.6) is 0 Å². The maximum atomic E-state index is 12.9. The fourth-order valence-electron chi connectivity index (χ4n) is 2.22. The van der Waals surface area contributed by atoms with Gasteiger partial charge in [0.05, 0.1) is 11.0 Å². The standard InChI is InChI=1S/C15H21F3N2O/c1-4-14(5-2,9-19)13(21)20-11-7-6-10(3)12(8-11)15(16,17)18/h6-8H,4-5,9,19H2,1-3H3,(H,20,21). The zero-order valence-electron chi connectivity index (χ0n) is 12.5. The molecule has 0 radical (unpaired) electrons. The molecule has 118 valence electrons. The van der Waals surface area contributed by atoms with E-state index in [1.807, 2.05) is 13.8 Å². The summed E-state index contributed by atoms with van der Waals surface area (Å²) in [6.45, 7) is 5.22. The lowest BCUT2D eigenvalue weighted by molar-refractivity contribution is -0.138. The van der Waals surface area contributed by atoms with Crippen molar-refractivity contribution in [2.24, 2.45) is 11.1 Å². The monoisotopic (exact) mass is 302 g/mol. The number of rotatable bonds is 5. The van der Waals surface area contributed by atoms with E-state index in [-0.39, 0.29) is 23.7 Å². The quantitative estimate of drug-likeness (QED) is 0.871. The Balaban J connectivity index is 3.07. The van der Waals surface area contributed by atoms with E-state index in [1.54, 1.807) is 0 Å². The summed E-state index contributed by atoms with van der Waals surface area (Å²) in [5, 5.41) is 2.56. The van der Waals surface area contributed by atoms with Crippen LogP contribution in [0.15, 0.2) is 18.2 Å². The highest BCUT2D eigenvalue weighted by atomic mass is 19.4. The van der Waals surface area contributed by atoms with E-state index >= 15 is 0 Å². The average molecular weight is 302 g/mol. The van der Waals surface area contributed by atoms with Crippen molar-refractivity contribution in [3.05, 3.63) is 29.3 Å². The lowest BCUT2D eigenvalue weighted by Gasteiger charge is -2.28. The molecule has 3 nitrogen and oxygen atoms in total. The minimum absolute atomic E-state index is 0.122. The van der Waals surface area contributed by atoms with Gasteiger partial charge in [-0.1, -0.05) is 19.9 Å². The molecular formula is C15H21F3N2O. The number of hydrogen-bond acceptors (Lipinski definition) is 2. The topological polar surface area (TPSA) is 55.1 Å². The Morgan fingerprint density at radius 2 is 1.81 bits per heavy atom. The van der Waals surface area contributed by atoms with Crippen LogP contribution >= 0.6 is 0 Å². The van der Waals surface area contributed by atoms with E-state index in [0.717, 1.165) is 6.07 Å². The van der Waals surface area contributed by atoms with Crippen molar-refractivity contribution >= 4 is 11.6 Å². The second-order valence-electron chi connectivity index (χ2n) is 5.17. The molecule has 0 spiro atoms. The van der Waals surface area contributed by atoms with E-state index in [9.17, 15) is 18.0 Å². The fraction of sp³-hybridized carbons (Fsp3) is 0.533. The molecule has 6 heteroatoms. The first-order valence-electron chi connectivity index (χ1n) is 6.89. The Morgan fingerprint density at radius 3 is 2.24 bits per heavy atom. The molecule has 0 aliphatic rings. The number of carbonyl (C=O) groups is 1.